The summed E-state index contributed by atoms with van der Waals surface area (Å²) in [7, 11) is 0. The Kier molecular flexibility index (Phi) is 4.20. The van der Waals surface area contributed by atoms with Gasteiger partial charge in [-0.05, 0) is 31.5 Å². The summed E-state index contributed by atoms with van der Waals surface area (Å²) < 4.78 is 0. The Balaban J connectivity index is 2.08. The maximum atomic E-state index is 11.8. The van der Waals surface area contributed by atoms with E-state index in [1.807, 2.05) is 31.2 Å². The van der Waals surface area contributed by atoms with Crippen molar-refractivity contribution in [2.45, 2.75) is 19.0 Å². The second-order valence-corrected chi connectivity index (χ2v) is 5.53. The number of hydrogen-bond donors (Lipinski definition) is 2. The van der Waals surface area contributed by atoms with Crippen molar-refractivity contribution in [1.82, 2.24) is 9.97 Å². The van der Waals surface area contributed by atoms with E-state index in [9.17, 15) is 4.79 Å². The molecule has 1 heterocycles. The first-order valence-corrected chi connectivity index (χ1v) is 7.06. The number of aromatic amines is 1. The highest BCUT2D eigenvalue weighted by atomic mass is 32.2. The van der Waals surface area contributed by atoms with Crippen molar-refractivity contribution in [1.29, 1.82) is 10.7 Å². The molecular formula is C14H14N4OS. The number of carbonyl (C=O) groups is 1. The van der Waals surface area contributed by atoms with Crippen molar-refractivity contribution >= 4 is 34.3 Å². The number of nitrogens with one attached hydrogen (secondary N) is 2. The minimum atomic E-state index is -0.950. The highest BCUT2D eigenvalue weighted by Gasteiger charge is 2.20. The number of ketones is 1. The van der Waals surface area contributed by atoms with Gasteiger partial charge in [-0.15, -0.1) is 0 Å². The number of hydrogen-bond acceptors (Lipinski definition) is 5. The summed E-state index contributed by atoms with van der Waals surface area (Å²) in [5, 5.41) is 16.9. The van der Waals surface area contributed by atoms with Crippen LogP contribution in [-0.2, 0) is 4.79 Å². The zero-order valence-electron chi connectivity index (χ0n) is 11.2. The third-order valence-electron chi connectivity index (χ3n) is 2.85. The van der Waals surface area contributed by atoms with Crippen molar-refractivity contribution in [3.05, 3.63) is 23.8 Å². The first-order chi connectivity index (χ1) is 9.51. The molecule has 0 aliphatic heterocycles. The molecule has 0 saturated carbocycles. The number of fused-ring (bicyclic) bond motifs is 1. The molecule has 0 radical (unpaired) electrons. The molecule has 0 spiro atoms. The van der Waals surface area contributed by atoms with Crippen molar-refractivity contribution < 1.29 is 4.79 Å². The van der Waals surface area contributed by atoms with Crippen LogP contribution in [0.25, 0.3) is 11.0 Å². The second-order valence-electron chi connectivity index (χ2n) is 4.56. The lowest BCUT2D eigenvalue weighted by Gasteiger charge is -2.04. The van der Waals surface area contributed by atoms with Gasteiger partial charge in [-0.1, -0.05) is 17.8 Å². The van der Waals surface area contributed by atoms with Crippen LogP contribution in [0.2, 0.25) is 0 Å². The Labute approximate surface area is 120 Å². The number of imidazole rings is 1. The molecule has 0 fully saturated rings. The average Bonchev–Trinajstić information content (AvgIpc) is 2.78. The summed E-state index contributed by atoms with van der Waals surface area (Å²) in [5.74, 6) is -1.08. The number of Topliss-reactive ketones (excluding diaryl/α,β-unsaturated/α-hetero) is 1. The van der Waals surface area contributed by atoms with E-state index in [1.54, 1.807) is 0 Å². The Morgan fingerprint density at radius 3 is 3.00 bits per heavy atom. The maximum Gasteiger partial charge on any atom is 0.166 e. The number of benzene rings is 1. The topological polar surface area (TPSA) is 93.4 Å². The molecule has 0 unspecified atom stereocenters. The summed E-state index contributed by atoms with van der Waals surface area (Å²) in [6, 6.07) is 7.75. The fraction of sp³-hybridized carbons (Fsp3) is 0.286. The van der Waals surface area contributed by atoms with E-state index in [2.05, 4.69) is 9.97 Å². The molecule has 20 heavy (non-hydrogen) atoms. The summed E-state index contributed by atoms with van der Waals surface area (Å²) in [5.41, 5.74) is 3.00. The fourth-order valence-corrected chi connectivity index (χ4v) is 2.59. The molecule has 6 heteroatoms. The summed E-state index contributed by atoms with van der Waals surface area (Å²) in [6.45, 7) is 3.47. The molecule has 1 aromatic heterocycles. The first-order valence-electron chi connectivity index (χ1n) is 6.08. The van der Waals surface area contributed by atoms with Crippen LogP contribution in [0.4, 0.5) is 0 Å². The lowest BCUT2D eigenvalue weighted by Crippen LogP contribution is -2.21. The lowest BCUT2D eigenvalue weighted by molar-refractivity contribution is -0.117. The molecule has 0 saturated heterocycles. The van der Waals surface area contributed by atoms with E-state index in [-0.39, 0.29) is 17.2 Å². The molecule has 1 aromatic carbocycles. The number of aryl methyl sites for hydroxylation is 1. The predicted octanol–water partition coefficient (Wildman–Crippen LogP) is 2.71. The van der Waals surface area contributed by atoms with Crippen molar-refractivity contribution in [2.24, 2.45) is 5.92 Å². The maximum absolute atomic E-state index is 11.8. The van der Waals surface area contributed by atoms with Gasteiger partial charge in [0.1, 0.15) is 5.92 Å². The molecule has 2 N–H and O–H groups in total. The Hall–Kier alpha value is -2.13. The molecule has 0 aliphatic rings. The van der Waals surface area contributed by atoms with Gasteiger partial charge in [-0.3, -0.25) is 4.79 Å². The molecule has 0 bridgehead atoms. The molecule has 0 aliphatic carbocycles. The Morgan fingerprint density at radius 1 is 1.60 bits per heavy atom. The zero-order valence-corrected chi connectivity index (χ0v) is 12.0. The SMILES string of the molecule is CC(=N)[C@H](C#N)C(=O)CSc1nc2ccc(C)cc2[nH]1. The van der Waals surface area contributed by atoms with Gasteiger partial charge in [0, 0.05) is 5.71 Å². The molecule has 1 atom stereocenters. The first kappa shape index (κ1) is 14.3. The molecular weight excluding hydrogens is 272 g/mol. The third kappa shape index (κ3) is 3.06. The van der Waals surface area contributed by atoms with Gasteiger partial charge < -0.3 is 10.4 Å². The van der Waals surface area contributed by atoms with Crippen molar-refractivity contribution in [3.63, 3.8) is 0 Å². The molecule has 2 rings (SSSR count). The van der Waals surface area contributed by atoms with Gasteiger partial charge in [0.25, 0.3) is 0 Å². The summed E-state index contributed by atoms with van der Waals surface area (Å²) in [6.07, 6.45) is 0. The van der Waals surface area contributed by atoms with E-state index in [0.29, 0.717) is 5.16 Å². The molecule has 102 valence electrons. The van der Waals surface area contributed by atoms with E-state index in [4.69, 9.17) is 10.7 Å². The monoisotopic (exact) mass is 286 g/mol. The number of H-pyrrole nitrogens is 1. The number of rotatable bonds is 5. The third-order valence-corrected chi connectivity index (χ3v) is 3.75. The van der Waals surface area contributed by atoms with E-state index in [0.717, 1.165) is 16.6 Å². The van der Waals surface area contributed by atoms with Crippen LogP contribution in [0.15, 0.2) is 23.4 Å². The van der Waals surface area contributed by atoms with Crippen LogP contribution in [0.5, 0.6) is 0 Å². The fourth-order valence-electron chi connectivity index (χ4n) is 1.80. The number of nitriles is 1. The number of nitrogens with zero attached hydrogens (tertiary/aromatic N) is 2. The number of thioether (sulfide) groups is 1. The van der Waals surface area contributed by atoms with Crippen LogP contribution in [0.1, 0.15) is 12.5 Å². The minimum Gasteiger partial charge on any atom is -0.333 e. The quantitative estimate of drug-likeness (QED) is 0.652. The zero-order chi connectivity index (χ0) is 14.7. The number of aromatic nitrogens is 2. The minimum absolute atomic E-state index is 0.0818. The molecule has 5 nitrogen and oxygen atoms in total. The highest BCUT2D eigenvalue weighted by molar-refractivity contribution is 7.99. The Bertz CT molecular complexity index is 714. The van der Waals surface area contributed by atoms with Gasteiger partial charge in [-0.25, -0.2) is 4.98 Å². The summed E-state index contributed by atoms with van der Waals surface area (Å²) >= 11 is 1.26. The second kappa shape index (κ2) is 5.88. The van der Waals surface area contributed by atoms with Gasteiger partial charge in [-0.2, -0.15) is 5.26 Å². The van der Waals surface area contributed by atoms with Gasteiger partial charge in [0.05, 0.1) is 22.9 Å². The van der Waals surface area contributed by atoms with Crippen LogP contribution >= 0.6 is 11.8 Å². The average molecular weight is 286 g/mol. The van der Waals surface area contributed by atoms with Crippen LogP contribution in [-0.4, -0.2) is 27.2 Å². The van der Waals surface area contributed by atoms with Crippen LogP contribution < -0.4 is 0 Å². The van der Waals surface area contributed by atoms with Crippen molar-refractivity contribution in [2.75, 3.05) is 5.75 Å². The largest absolute Gasteiger partial charge is 0.333 e. The van der Waals surface area contributed by atoms with E-state index < -0.39 is 5.92 Å². The standard InChI is InChI=1S/C14H14N4OS/c1-8-3-4-11-12(5-8)18-14(17-11)20-7-13(19)10(6-15)9(2)16/h3-5,10,16H,7H2,1-2H3,(H,17,18)/t10-/m0/s1. The van der Waals surface area contributed by atoms with Gasteiger partial charge >= 0.3 is 0 Å². The van der Waals surface area contributed by atoms with Gasteiger partial charge in [0.2, 0.25) is 0 Å². The highest BCUT2D eigenvalue weighted by Crippen LogP contribution is 2.21. The normalized spacial score (nSPS) is 12.1. The lowest BCUT2D eigenvalue weighted by atomic mass is 10.0. The van der Waals surface area contributed by atoms with Gasteiger partial charge in [0.15, 0.2) is 10.9 Å². The van der Waals surface area contributed by atoms with Crippen LogP contribution in [0, 0.1) is 29.6 Å². The van der Waals surface area contributed by atoms with E-state index >= 15 is 0 Å². The number of carbonyl (C=O) groups excluding carboxylic acids is 1. The molecule has 0 amide bonds. The Morgan fingerprint density at radius 2 is 2.35 bits per heavy atom. The van der Waals surface area contributed by atoms with E-state index in [1.165, 1.54) is 18.7 Å². The van der Waals surface area contributed by atoms with Crippen LogP contribution in [0.3, 0.4) is 0 Å². The van der Waals surface area contributed by atoms with Crippen molar-refractivity contribution in [3.8, 4) is 6.07 Å². The smallest absolute Gasteiger partial charge is 0.166 e. The summed E-state index contributed by atoms with van der Waals surface area (Å²) in [4.78, 5) is 19.3. The molecule has 2 aromatic rings. The predicted molar refractivity (Wildman–Crippen MR) is 79.1 cm³/mol.